The van der Waals surface area contributed by atoms with E-state index in [1.807, 2.05) is 6.26 Å². The van der Waals surface area contributed by atoms with E-state index < -0.39 is 4.92 Å². The minimum atomic E-state index is -0.423. The van der Waals surface area contributed by atoms with Gasteiger partial charge in [0.2, 0.25) is 5.91 Å². The van der Waals surface area contributed by atoms with Gasteiger partial charge in [-0.25, -0.2) is 0 Å². The molecule has 1 aromatic carbocycles. The number of carbonyl (C=O) groups excluding carboxylic acids is 1. The van der Waals surface area contributed by atoms with Crippen LogP contribution in [0.15, 0.2) is 12.1 Å². The molecule has 0 saturated carbocycles. The van der Waals surface area contributed by atoms with Crippen molar-refractivity contribution in [3.05, 3.63) is 27.8 Å². The maximum atomic E-state index is 11.3. The lowest BCUT2D eigenvalue weighted by molar-refractivity contribution is -0.383. The molecular weight excluding hydrogens is 278 g/mol. The number of anilines is 2. The molecule has 108 valence electrons. The van der Waals surface area contributed by atoms with Crippen molar-refractivity contribution in [1.82, 2.24) is 0 Å². The first-order chi connectivity index (χ1) is 9.51. The molecule has 1 heterocycles. The zero-order valence-corrected chi connectivity index (χ0v) is 12.3. The summed E-state index contributed by atoms with van der Waals surface area (Å²) in [6, 6.07) is 3.22. The van der Waals surface area contributed by atoms with Crippen molar-refractivity contribution < 1.29 is 9.72 Å². The van der Waals surface area contributed by atoms with Crippen LogP contribution >= 0.6 is 11.8 Å². The van der Waals surface area contributed by atoms with E-state index in [-0.39, 0.29) is 11.6 Å². The molecule has 2 N–H and O–H groups in total. The van der Waals surface area contributed by atoms with Gasteiger partial charge in [-0.15, -0.1) is 0 Å². The fourth-order valence-corrected chi connectivity index (χ4v) is 2.30. The van der Waals surface area contributed by atoms with Gasteiger partial charge in [-0.3, -0.25) is 14.9 Å². The second-order valence-electron chi connectivity index (χ2n) is 4.76. The Morgan fingerprint density at radius 1 is 1.50 bits per heavy atom. The first-order valence-electron chi connectivity index (χ1n) is 6.39. The molecule has 1 aliphatic rings. The summed E-state index contributed by atoms with van der Waals surface area (Å²) < 4.78 is 0. The van der Waals surface area contributed by atoms with Gasteiger partial charge in [0.1, 0.15) is 5.69 Å². The number of nitro groups is 1. The Kier molecular flexibility index (Phi) is 4.49. The summed E-state index contributed by atoms with van der Waals surface area (Å²) in [5.74, 6) is -0.0940. The molecule has 1 aliphatic heterocycles. The van der Waals surface area contributed by atoms with E-state index in [0.717, 1.165) is 5.56 Å². The third kappa shape index (κ3) is 3.22. The van der Waals surface area contributed by atoms with Crippen LogP contribution in [0.2, 0.25) is 0 Å². The molecule has 1 atom stereocenters. The second-order valence-corrected chi connectivity index (χ2v) is 6.04. The van der Waals surface area contributed by atoms with E-state index in [2.05, 4.69) is 17.6 Å². The molecule has 0 radical (unpaired) electrons. The highest BCUT2D eigenvalue weighted by Crippen LogP contribution is 2.34. The molecule has 1 unspecified atom stereocenters. The predicted molar refractivity (Wildman–Crippen MR) is 81.5 cm³/mol. The number of carbonyl (C=O) groups is 1. The Morgan fingerprint density at radius 3 is 2.90 bits per heavy atom. The van der Waals surface area contributed by atoms with E-state index in [4.69, 9.17) is 0 Å². The van der Waals surface area contributed by atoms with Gasteiger partial charge < -0.3 is 10.6 Å². The number of fused-ring (bicyclic) bond motifs is 1. The SMILES string of the molecule is CSC(C)CNc1cc2c(cc1[N+](=O)[O-])NC(=O)CC2. The summed E-state index contributed by atoms with van der Waals surface area (Å²) in [4.78, 5) is 22.1. The normalized spacial score (nSPS) is 15.2. The summed E-state index contributed by atoms with van der Waals surface area (Å²) in [6.45, 7) is 2.72. The van der Waals surface area contributed by atoms with E-state index in [1.54, 1.807) is 17.8 Å². The molecule has 7 heteroatoms. The van der Waals surface area contributed by atoms with Crippen LogP contribution in [-0.4, -0.2) is 28.9 Å². The van der Waals surface area contributed by atoms with Gasteiger partial charge in [0.05, 0.1) is 10.6 Å². The Bertz CT molecular complexity index is 548. The van der Waals surface area contributed by atoms with Gasteiger partial charge in [0.25, 0.3) is 5.69 Å². The Morgan fingerprint density at radius 2 is 2.25 bits per heavy atom. The van der Waals surface area contributed by atoms with Crippen LogP contribution in [0.1, 0.15) is 18.9 Å². The molecule has 1 amide bonds. The maximum Gasteiger partial charge on any atom is 0.294 e. The molecular formula is C13H17N3O3S. The van der Waals surface area contributed by atoms with Crippen molar-refractivity contribution in [3.63, 3.8) is 0 Å². The molecule has 0 bridgehead atoms. The number of hydrogen-bond donors (Lipinski definition) is 2. The number of benzene rings is 1. The fraction of sp³-hybridized carbons (Fsp3) is 0.462. The van der Waals surface area contributed by atoms with Crippen molar-refractivity contribution in [1.29, 1.82) is 0 Å². The van der Waals surface area contributed by atoms with Crippen molar-refractivity contribution in [2.75, 3.05) is 23.4 Å². The Hall–Kier alpha value is -1.76. The monoisotopic (exact) mass is 295 g/mol. The van der Waals surface area contributed by atoms with Crippen LogP contribution in [0.4, 0.5) is 17.1 Å². The van der Waals surface area contributed by atoms with Crippen LogP contribution in [0.5, 0.6) is 0 Å². The van der Waals surface area contributed by atoms with Crippen LogP contribution in [0.25, 0.3) is 0 Å². The van der Waals surface area contributed by atoms with Crippen LogP contribution in [-0.2, 0) is 11.2 Å². The summed E-state index contributed by atoms with van der Waals surface area (Å²) in [7, 11) is 0. The Balaban J connectivity index is 2.30. The van der Waals surface area contributed by atoms with E-state index in [1.165, 1.54) is 6.07 Å². The van der Waals surface area contributed by atoms with Crippen molar-refractivity contribution in [2.24, 2.45) is 0 Å². The zero-order valence-electron chi connectivity index (χ0n) is 11.4. The molecule has 0 saturated heterocycles. The van der Waals surface area contributed by atoms with Crippen molar-refractivity contribution in [3.8, 4) is 0 Å². The van der Waals surface area contributed by atoms with Gasteiger partial charge in [-0.1, -0.05) is 6.92 Å². The van der Waals surface area contributed by atoms with E-state index >= 15 is 0 Å². The molecule has 0 fully saturated rings. The summed E-state index contributed by atoms with van der Waals surface area (Å²) in [6.07, 6.45) is 3.04. The molecule has 6 nitrogen and oxygen atoms in total. The first kappa shape index (κ1) is 14.6. The molecule has 0 aromatic heterocycles. The highest BCUT2D eigenvalue weighted by atomic mass is 32.2. The highest BCUT2D eigenvalue weighted by molar-refractivity contribution is 7.99. The third-order valence-corrected chi connectivity index (χ3v) is 4.27. The van der Waals surface area contributed by atoms with Crippen molar-refractivity contribution in [2.45, 2.75) is 25.0 Å². The molecule has 1 aromatic rings. The number of rotatable bonds is 5. The third-order valence-electron chi connectivity index (χ3n) is 3.30. The quantitative estimate of drug-likeness (QED) is 0.644. The lowest BCUT2D eigenvalue weighted by atomic mass is 10.0. The lowest BCUT2D eigenvalue weighted by Crippen LogP contribution is -2.20. The van der Waals surface area contributed by atoms with Crippen LogP contribution < -0.4 is 10.6 Å². The molecule has 2 rings (SSSR count). The number of nitrogens with zero attached hydrogens (tertiary/aromatic N) is 1. The van der Waals surface area contributed by atoms with Gasteiger partial charge in [0, 0.05) is 24.3 Å². The summed E-state index contributed by atoms with van der Waals surface area (Å²) >= 11 is 1.70. The number of amides is 1. The maximum absolute atomic E-state index is 11.3. The van der Waals surface area contributed by atoms with Crippen LogP contribution in [0.3, 0.4) is 0 Å². The number of hydrogen-bond acceptors (Lipinski definition) is 5. The Labute approximate surface area is 121 Å². The molecule has 0 spiro atoms. The smallest absolute Gasteiger partial charge is 0.294 e. The highest BCUT2D eigenvalue weighted by Gasteiger charge is 2.22. The predicted octanol–water partition coefficient (Wildman–Crippen LogP) is 2.64. The average molecular weight is 295 g/mol. The van der Waals surface area contributed by atoms with Crippen molar-refractivity contribution >= 4 is 34.7 Å². The number of nitrogens with one attached hydrogen (secondary N) is 2. The standard InChI is InChI=1S/C13H17N3O3S/c1-8(20-2)7-14-11-5-9-3-4-13(17)15-10(9)6-12(11)16(18)19/h5-6,8,14H,3-4,7H2,1-2H3,(H,15,17). The molecule has 20 heavy (non-hydrogen) atoms. The van der Waals surface area contributed by atoms with Gasteiger partial charge in [0.15, 0.2) is 0 Å². The lowest BCUT2D eigenvalue weighted by Gasteiger charge is -2.19. The van der Waals surface area contributed by atoms with Gasteiger partial charge in [-0.2, -0.15) is 11.8 Å². The largest absolute Gasteiger partial charge is 0.378 e. The second kappa shape index (κ2) is 6.13. The number of aryl methyl sites for hydroxylation is 1. The van der Waals surface area contributed by atoms with E-state index in [9.17, 15) is 14.9 Å². The van der Waals surface area contributed by atoms with Crippen LogP contribution in [0, 0.1) is 10.1 Å². The van der Waals surface area contributed by atoms with Gasteiger partial charge in [-0.05, 0) is 24.3 Å². The zero-order chi connectivity index (χ0) is 14.7. The number of thioether (sulfide) groups is 1. The van der Waals surface area contributed by atoms with Gasteiger partial charge >= 0.3 is 0 Å². The fourth-order valence-electron chi connectivity index (χ4n) is 2.05. The topological polar surface area (TPSA) is 84.3 Å². The average Bonchev–Trinajstić information content (AvgIpc) is 2.43. The molecule has 0 aliphatic carbocycles. The first-order valence-corrected chi connectivity index (χ1v) is 7.68. The number of nitro benzene ring substituents is 1. The minimum Gasteiger partial charge on any atom is -0.378 e. The van der Waals surface area contributed by atoms with E-state index in [0.29, 0.717) is 36.0 Å². The summed E-state index contributed by atoms with van der Waals surface area (Å²) in [5.41, 5.74) is 2.01. The minimum absolute atomic E-state index is 0.000692. The summed E-state index contributed by atoms with van der Waals surface area (Å²) in [5, 5.41) is 17.3.